The summed E-state index contributed by atoms with van der Waals surface area (Å²) in [6, 6.07) is 14.5. The van der Waals surface area contributed by atoms with Crippen LogP contribution in [0.4, 0.5) is 23.2 Å². The highest BCUT2D eigenvalue weighted by Gasteiger charge is 2.34. The summed E-state index contributed by atoms with van der Waals surface area (Å²) >= 11 is 13.5. The molecular weight excluding hydrogens is 563 g/mol. The van der Waals surface area contributed by atoms with E-state index in [1.807, 2.05) is 31.2 Å². The molecule has 0 radical (unpaired) electrons. The van der Waals surface area contributed by atoms with Gasteiger partial charge in [-0.15, -0.1) is 11.8 Å². The zero-order valence-electron chi connectivity index (χ0n) is 20.1. The molecule has 1 aliphatic heterocycles. The maximum absolute atomic E-state index is 13.5. The van der Waals surface area contributed by atoms with Gasteiger partial charge in [0.15, 0.2) is 5.78 Å². The minimum atomic E-state index is -4.90. The highest BCUT2D eigenvalue weighted by Crippen LogP contribution is 2.33. The highest BCUT2D eigenvalue weighted by molar-refractivity contribution is 8.00. The molecule has 3 aromatic rings. The van der Waals surface area contributed by atoms with Crippen LogP contribution in [0.25, 0.3) is 0 Å². The van der Waals surface area contributed by atoms with Gasteiger partial charge >= 0.3 is 6.18 Å². The number of alkyl halides is 3. The topological polar surface area (TPSA) is 40.6 Å². The van der Waals surface area contributed by atoms with Gasteiger partial charge in [-0.2, -0.15) is 13.2 Å². The molecule has 1 aliphatic rings. The predicted molar refractivity (Wildman–Crippen MR) is 142 cm³/mol. The van der Waals surface area contributed by atoms with Crippen molar-refractivity contribution < 1.29 is 27.2 Å². The van der Waals surface area contributed by atoms with E-state index in [1.165, 1.54) is 6.07 Å². The van der Waals surface area contributed by atoms with Crippen molar-refractivity contribution in [2.45, 2.75) is 24.0 Å². The summed E-state index contributed by atoms with van der Waals surface area (Å²) in [5, 5.41) is 0.889. The van der Waals surface area contributed by atoms with Crippen molar-refractivity contribution in [3.8, 4) is 0 Å². The average Bonchev–Trinajstić information content (AvgIpc) is 2.86. The minimum absolute atomic E-state index is 0.0619. The van der Waals surface area contributed by atoms with Crippen LogP contribution in [0.15, 0.2) is 65.6 Å². The largest absolute Gasteiger partial charge is 0.419 e. The van der Waals surface area contributed by atoms with Gasteiger partial charge in [-0.1, -0.05) is 29.3 Å². The lowest BCUT2D eigenvalue weighted by atomic mass is 10.1. The number of Topliss-reactive ketones (excluding diaryl/α,β-unsaturated/α-hetero) is 1. The van der Waals surface area contributed by atoms with Crippen LogP contribution in [0, 0.1) is 5.82 Å². The van der Waals surface area contributed by atoms with Gasteiger partial charge in [0.2, 0.25) is 0 Å². The molecule has 38 heavy (non-hydrogen) atoms. The van der Waals surface area contributed by atoms with Gasteiger partial charge in [0.25, 0.3) is 5.91 Å². The summed E-state index contributed by atoms with van der Waals surface area (Å²) in [6.07, 6.45) is -4.90. The Balaban J connectivity index is 1.38. The van der Waals surface area contributed by atoms with Crippen molar-refractivity contribution in [2.24, 2.45) is 0 Å². The summed E-state index contributed by atoms with van der Waals surface area (Å²) < 4.78 is 52.4. The lowest BCUT2D eigenvalue weighted by Gasteiger charge is -2.41. The van der Waals surface area contributed by atoms with Crippen molar-refractivity contribution >= 4 is 52.3 Å². The smallest absolute Gasteiger partial charge is 0.365 e. The average molecular weight is 585 g/mol. The molecule has 0 unspecified atom stereocenters. The summed E-state index contributed by atoms with van der Waals surface area (Å²) in [6.45, 7) is 3.68. The molecule has 1 heterocycles. The first-order valence-electron chi connectivity index (χ1n) is 11.6. The Morgan fingerprint density at radius 3 is 2.39 bits per heavy atom. The van der Waals surface area contributed by atoms with E-state index in [-0.39, 0.29) is 28.3 Å². The third kappa shape index (κ3) is 6.45. The van der Waals surface area contributed by atoms with Crippen LogP contribution in [-0.2, 0) is 6.18 Å². The van der Waals surface area contributed by atoms with Crippen molar-refractivity contribution in [1.29, 1.82) is 0 Å². The molecule has 11 heteroatoms. The molecule has 0 N–H and O–H groups in total. The number of hydrogen-bond acceptors (Lipinski definition) is 4. The van der Waals surface area contributed by atoms with Gasteiger partial charge in [-0.3, -0.25) is 9.59 Å². The summed E-state index contributed by atoms with van der Waals surface area (Å²) in [4.78, 5) is 30.0. The van der Waals surface area contributed by atoms with Gasteiger partial charge in [-0.25, -0.2) is 4.39 Å². The molecule has 0 spiro atoms. The molecule has 0 aromatic heterocycles. The molecule has 3 aromatic carbocycles. The second-order valence-corrected chi connectivity index (χ2v) is 10.7. The van der Waals surface area contributed by atoms with Gasteiger partial charge in [-0.05, 0) is 61.5 Å². The van der Waals surface area contributed by atoms with E-state index in [1.54, 1.807) is 17.0 Å². The lowest BCUT2D eigenvalue weighted by molar-refractivity contribution is -0.140. The van der Waals surface area contributed by atoms with E-state index in [0.717, 1.165) is 23.5 Å². The van der Waals surface area contributed by atoms with Gasteiger partial charge in [0.05, 0.1) is 16.3 Å². The fourth-order valence-corrected chi connectivity index (χ4v) is 5.60. The number of ketones is 1. The number of carbonyl (C=O) groups excluding carboxylic acids is 2. The number of thioether (sulfide) groups is 1. The van der Waals surface area contributed by atoms with Crippen LogP contribution in [0.1, 0.15) is 33.2 Å². The molecule has 0 aliphatic carbocycles. The van der Waals surface area contributed by atoms with Crippen LogP contribution < -0.4 is 4.90 Å². The van der Waals surface area contributed by atoms with E-state index in [0.29, 0.717) is 47.2 Å². The summed E-state index contributed by atoms with van der Waals surface area (Å²) in [5.74, 6) is -2.43. The van der Waals surface area contributed by atoms with Gasteiger partial charge in [0.1, 0.15) is 5.82 Å². The molecule has 1 fully saturated rings. The van der Waals surface area contributed by atoms with Crippen molar-refractivity contribution in [2.75, 3.05) is 30.3 Å². The Morgan fingerprint density at radius 2 is 1.74 bits per heavy atom. The third-order valence-corrected chi connectivity index (χ3v) is 7.92. The second-order valence-electron chi connectivity index (χ2n) is 8.82. The van der Waals surface area contributed by atoms with E-state index >= 15 is 0 Å². The molecular formula is C27H22Cl2F4N2O2S. The number of amides is 1. The molecule has 4 nitrogen and oxygen atoms in total. The molecule has 0 bridgehead atoms. The van der Waals surface area contributed by atoms with Crippen LogP contribution in [0.2, 0.25) is 10.0 Å². The van der Waals surface area contributed by atoms with Crippen LogP contribution in [0.3, 0.4) is 0 Å². The van der Waals surface area contributed by atoms with Crippen LogP contribution in [0.5, 0.6) is 0 Å². The first-order valence-corrected chi connectivity index (χ1v) is 13.3. The number of hydrogen-bond donors (Lipinski definition) is 0. The number of nitrogens with zero attached hydrogens (tertiary/aromatic N) is 2. The predicted octanol–water partition coefficient (Wildman–Crippen LogP) is 7.48. The van der Waals surface area contributed by atoms with E-state index in [4.69, 9.17) is 23.2 Å². The number of carbonyl (C=O) groups is 2. The minimum Gasteiger partial charge on any atom is -0.365 e. The highest BCUT2D eigenvalue weighted by atomic mass is 35.5. The lowest BCUT2D eigenvalue weighted by Crippen LogP contribution is -2.53. The monoisotopic (exact) mass is 584 g/mol. The van der Waals surface area contributed by atoms with Gasteiger partial charge < -0.3 is 9.80 Å². The van der Waals surface area contributed by atoms with Crippen LogP contribution >= 0.6 is 35.0 Å². The molecule has 4 rings (SSSR count). The number of rotatable bonds is 6. The van der Waals surface area contributed by atoms with Crippen LogP contribution in [-0.4, -0.2) is 48.0 Å². The molecule has 1 amide bonds. The number of benzene rings is 3. The van der Waals surface area contributed by atoms with Crippen molar-refractivity contribution in [1.82, 2.24) is 4.90 Å². The quantitative estimate of drug-likeness (QED) is 0.171. The Bertz CT molecular complexity index is 1370. The normalized spacial score (nSPS) is 16.0. The van der Waals surface area contributed by atoms with E-state index in [9.17, 15) is 27.2 Å². The number of piperazine rings is 1. The maximum atomic E-state index is 13.5. The molecule has 1 saturated heterocycles. The summed E-state index contributed by atoms with van der Waals surface area (Å²) in [5.41, 5.74) is -0.356. The maximum Gasteiger partial charge on any atom is 0.419 e. The van der Waals surface area contributed by atoms with E-state index < -0.39 is 23.3 Å². The molecule has 0 saturated carbocycles. The Labute approximate surface area is 231 Å². The standard InChI is InChI=1S/C27H22Cl2F4N2O2S/c1-16-14-34(9-10-35(16)20-4-2-3-19(28)13-20)26(37)18-6-8-25(22(29)12-18)38-15-24(36)17-5-7-23(30)21(11-17)27(31,32)33/h2-8,11-13,16H,9-10,14-15H2,1H3/t16-/m0/s1. The van der Waals surface area contributed by atoms with Crippen molar-refractivity contribution in [3.05, 3.63) is 93.2 Å². The molecule has 1 atom stereocenters. The zero-order chi connectivity index (χ0) is 27.6. The Morgan fingerprint density at radius 1 is 1.00 bits per heavy atom. The Hall–Kier alpha value is -2.75. The number of halogens is 6. The van der Waals surface area contributed by atoms with Crippen molar-refractivity contribution in [3.63, 3.8) is 0 Å². The van der Waals surface area contributed by atoms with E-state index in [2.05, 4.69) is 4.90 Å². The third-order valence-electron chi connectivity index (χ3n) is 6.19. The fourth-order valence-electron chi connectivity index (χ4n) is 4.26. The first-order chi connectivity index (χ1) is 17.9. The van der Waals surface area contributed by atoms with Gasteiger partial charge in [0, 0.05) is 52.4 Å². The molecule has 200 valence electrons. The fraction of sp³-hybridized carbons (Fsp3) is 0.259. The SMILES string of the molecule is C[C@H]1CN(C(=O)c2ccc(SCC(=O)c3ccc(F)c(C(F)(F)F)c3)c(Cl)c2)CCN1c1cccc(Cl)c1. The number of anilines is 1. The first kappa shape index (κ1) is 28.3. The Kier molecular flexibility index (Phi) is 8.59. The summed E-state index contributed by atoms with van der Waals surface area (Å²) in [7, 11) is 0. The second kappa shape index (κ2) is 11.6. The zero-order valence-corrected chi connectivity index (χ0v) is 22.4.